The van der Waals surface area contributed by atoms with Crippen LogP contribution in [0, 0.1) is 19.7 Å². The topological polar surface area (TPSA) is 93.4 Å². The fourth-order valence-corrected chi connectivity index (χ4v) is 3.40. The van der Waals surface area contributed by atoms with Crippen LogP contribution in [0.1, 0.15) is 27.6 Å². The van der Waals surface area contributed by atoms with Gasteiger partial charge in [-0.25, -0.2) is 14.4 Å². The molecule has 1 aromatic heterocycles. The summed E-state index contributed by atoms with van der Waals surface area (Å²) < 4.78 is 19.5. The van der Waals surface area contributed by atoms with Gasteiger partial charge in [0.15, 0.2) is 5.82 Å². The summed E-state index contributed by atoms with van der Waals surface area (Å²) in [5.41, 5.74) is 9.02. The first-order chi connectivity index (χ1) is 13.8. The number of nitrogens with zero attached hydrogens (tertiary/aromatic N) is 3. The Bertz CT molecular complexity index is 999. The van der Waals surface area contributed by atoms with Crippen LogP contribution in [0.15, 0.2) is 23.9 Å². The van der Waals surface area contributed by atoms with Gasteiger partial charge < -0.3 is 20.7 Å². The minimum atomic E-state index is -0.455. The molecule has 7 nitrogen and oxygen atoms in total. The van der Waals surface area contributed by atoms with E-state index in [1.165, 1.54) is 18.2 Å². The number of amides is 1. The number of aryl methyl sites for hydroxylation is 2. The first-order valence-electron chi connectivity index (χ1n) is 9.28. The van der Waals surface area contributed by atoms with E-state index in [2.05, 4.69) is 15.3 Å². The van der Waals surface area contributed by atoms with Crippen LogP contribution in [0.5, 0.6) is 5.75 Å². The van der Waals surface area contributed by atoms with E-state index in [0.717, 1.165) is 0 Å². The highest BCUT2D eigenvalue weighted by Gasteiger charge is 2.30. The predicted molar refractivity (Wildman–Crippen MR) is 107 cm³/mol. The molecule has 0 atom stereocenters. The fraction of sp³-hybridized carbons (Fsp3) is 0.350. The second-order valence-electron chi connectivity index (χ2n) is 7.24. The molecule has 0 aliphatic carbocycles. The number of carbonyl (C=O) groups excluding carboxylic acids is 1. The zero-order chi connectivity index (χ0) is 20.7. The molecule has 3 N–H and O–H groups in total. The highest BCUT2D eigenvalue weighted by atomic mass is 35.5. The van der Waals surface area contributed by atoms with E-state index < -0.39 is 5.82 Å². The molecule has 4 rings (SSSR count). The number of benzene rings is 1. The van der Waals surface area contributed by atoms with Crippen LogP contribution in [0.4, 0.5) is 4.39 Å². The standard InChI is InChI=1S/C20H21ClFN5O2/c1-10-18(21)11(2)26-19(25-10)15-8-27(9-16(15)23)20(28)14-4-3-12(22)5-17(14)29-13-6-24-7-13/h3-5,13,24H,6-9,23H2,1-2H3. The Balaban J connectivity index is 1.58. The third-order valence-corrected chi connectivity index (χ3v) is 5.60. The summed E-state index contributed by atoms with van der Waals surface area (Å²) in [5.74, 6) is -0.0342. The van der Waals surface area contributed by atoms with E-state index in [4.69, 9.17) is 22.1 Å². The molecule has 2 aromatic rings. The van der Waals surface area contributed by atoms with E-state index in [9.17, 15) is 9.18 Å². The van der Waals surface area contributed by atoms with E-state index in [1.807, 2.05) is 0 Å². The molecule has 1 amide bonds. The summed E-state index contributed by atoms with van der Waals surface area (Å²) in [7, 11) is 0. The van der Waals surface area contributed by atoms with Gasteiger partial charge in [0, 0.05) is 30.4 Å². The lowest BCUT2D eigenvalue weighted by atomic mass is 10.1. The van der Waals surface area contributed by atoms with Crippen LogP contribution in [-0.4, -0.2) is 53.1 Å². The SMILES string of the molecule is Cc1nc(C2=C(N)CN(C(=O)c3ccc(F)cc3OC3CNC3)C2)nc(C)c1Cl. The number of halogens is 2. The number of aromatic nitrogens is 2. The van der Waals surface area contributed by atoms with Gasteiger partial charge >= 0.3 is 0 Å². The number of nitrogens with one attached hydrogen (secondary N) is 1. The van der Waals surface area contributed by atoms with Crippen molar-refractivity contribution in [3.05, 3.63) is 57.5 Å². The van der Waals surface area contributed by atoms with Gasteiger partial charge in [0.2, 0.25) is 0 Å². The van der Waals surface area contributed by atoms with E-state index in [0.29, 0.717) is 52.2 Å². The summed E-state index contributed by atoms with van der Waals surface area (Å²) in [6.45, 7) is 5.42. The lowest BCUT2D eigenvalue weighted by Crippen LogP contribution is -2.50. The Morgan fingerprint density at radius 2 is 1.97 bits per heavy atom. The molecule has 1 fully saturated rings. The van der Waals surface area contributed by atoms with Crippen molar-refractivity contribution in [2.24, 2.45) is 5.73 Å². The van der Waals surface area contributed by atoms with Crippen molar-refractivity contribution in [1.29, 1.82) is 0 Å². The van der Waals surface area contributed by atoms with Crippen molar-refractivity contribution in [2.45, 2.75) is 20.0 Å². The van der Waals surface area contributed by atoms with Crippen molar-refractivity contribution in [3.8, 4) is 5.75 Å². The zero-order valence-electron chi connectivity index (χ0n) is 16.1. The quantitative estimate of drug-likeness (QED) is 0.791. The predicted octanol–water partition coefficient (Wildman–Crippen LogP) is 2.06. The average Bonchev–Trinajstić information content (AvgIpc) is 3.03. The van der Waals surface area contributed by atoms with Crippen LogP contribution in [0.2, 0.25) is 5.02 Å². The Morgan fingerprint density at radius 1 is 1.28 bits per heavy atom. The van der Waals surface area contributed by atoms with Gasteiger partial charge in [0.25, 0.3) is 5.91 Å². The second-order valence-corrected chi connectivity index (χ2v) is 7.61. The molecule has 1 aromatic carbocycles. The highest BCUT2D eigenvalue weighted by molar-refractivity contribution is 6.31. The van der Waals surface area contributed by atoms with Gasteiger partial charge in [-0.15, -0.1) is 0 Å². The van der Waals surface area contributed by atoms with Crippen LogP contribution in [0.25, 0.3) is 5.57 Å². The van der Waals surface area contributed by atoms with Crippen LogP contribution in [-0.2, 0) is 0 Å². The molecular weight excluding hydrogens is 397 g/mol. The van der Waals surface area contributed by atoms with Crippen molar-refractivity contribution in [2.75, 3.05) is 26.2 Å². The number of ether oxygens (including phenoxy) is 1. The minimum Gasteiger partial charge on any atom is -0.487 e. The number of hydrogen-bond donors (Lipinski definition) is 2. The van der Waals surface area contributed by atoms with E-state index in [-0.39, 0.29) is 30.9 Å². The molecule has 152 valence electrons. The summed E-state index contributed by atoms with van der Waals surface area (Å²) in [4.78, 5) is 23.6. The molecule has 0 radical (unpaired) electrons. The van der Waals surface area contributed by atoms with Crippen LogP contribution in [0.3, 0.4) is 0 Å². The molecule has 3 heterocycles. The van der Waals surface area contributed by atoms with Crippen molar-refractivity contribution < 1.29 is 13.9 Å². The number of carbonyl (C=O) groups is 1. The Hall–Kier alpha value is -2.71. The smallest absolute Gasteiger partial charge is 0.258 e. The highest BCUT2D eigenvalue weighted by Crippen LogP contribution is 2.29. The largest absolute Gasteiger partial charge is 0.487 e. The van der Waals surface area contributed by atoms with Gasteiger partial charge in [0.05, 0.1) is 35.1 Å². The van der Waals surface area contributed by atoms with Gasteiger partial charge in [-0.05, 0) is 26.0 Å². The van der Waals surface area contributed by atoms with Gasteiger partial charge in [0.1, 0.15) is 17.7 Å². The number of rotatable bonds is 4. The van der Waals surface area contributed by atoms with E-state index in [1.54, 1.807) is 18.7 Å². The van der Waals surface area contributed by atoms with Crippen molar-refractivity contribution in [3.63, 3.8) is 0 Å². The lowest BCUT2D eigenvalue weighted by molar-refractivity contribution is 0.0785. The zero-order valence-corrected chi connectivity index (χ0v) is 16.9. The summed E-state index contributed by atoms with van der Waals surface area (Å²) in [6.07, 6.45) is -0.0749. The number of hydrogen-bond acceptors (Lipinski definition) is 6. The van der Waals surface area contributed by atoms with Gasteiger partial charge in [-0.3, -0.25) is 4.79 Å². The van der Waals surface area contributed by atoms with Crippen molar-refractivity contribution in [1.82, 2.24) is 20.2 Å². The molecule has 29 heavy (non-hydrogen) atoms. The Morgan fingerprint density at radius 3 is 2.59 bits per heavy atom. The maximum Gasteiger partial charge on any atom is 0.258 e. The van der Waals surface area contributed by atoms with Crippen LogP contribution < -0.4 is 15.8 Å². The normalized spacial score (nSPS) is 16.9. The molecule has 0 unspecified atom stereocenters. The lowest BCUT2D eigenvalue weighted by Gasteiger charge is -2.29. The number of nitrogens with two attached hydrogens (primary N) is 1. The molecular formula is C20H21ClFN5O2. The van der Waals surface area contributed by atoms with Crippen molar-refractivity contribution >= 4 is 23.1 Å². The third kappa shape index (κ3) is 3.77. The minimum absolute atomic E-state index is 0.0749. The third-order valence-electron chi connectivity index (χ3n) is 5.05. The Kier molecular flexibility index (Phi) is 5.14. The summed E-state index contributed by atoms with van der Waals surface area (Å²) >= 11 is 6.15. The Labute approximate surface area is 172 Å². The first kappa shape index (κ1) is 19.6. The molecule has 9 heteroatoms. The maximum atomic E-state index is 13.7. The van der Waals surface area contributed by atoms with E-state index >= 15 is 0 Å². The van der Waals surface area contributed by atoms with Gasteiger partial charge in [-0.2, -0.15) is 0 Å². The fourth-order valence-electron chi connectivity index (χ4n) is 3.31. The second kappa shape index (κ2) is 7.61. The molecule has 0 saturated carbocycles. The summed E-state index contributed by atoms with van der Waals surface area (Å²) in [6, 6.07) is 3.94. The monoisotopic (exact) mass is 417 g/mol. The summed E-state index contributed by atoms with van der Waals surface area (Å²) in [5, 5.41) is 3.59. The van der Waals surface area contributed by atoms with Crippen LogP contribution >= 0.6 is 11.6 Å². The molecule has 0 spiro atoms. The molecule has 2 aliphatic heterocycles. The first-order valence-corrected chi connectivity index (χ1v) is 9.66. The maximum absolute atomic E-state index is 13.7. The average molecular weight is 418 g/mol. The molecule has 2 aliphatic rings. The van der Waals surface area contributed by atoms with Gasteiger partial charge in [-0.1, -0.05) is 11.6 Å². The molecule has 1 saturated heterocycles. The molecule has 0 bridgehead atoms.